The predicted octanol–water partition coefficient (Wildman–Crippen LogP) is 2.90. The van der Waals surface area contributed by atoms with Crippen molar-refractivity contribution in [2.45, 2.75) is 12.7 Å². The summed E-state index contributed by atoms with van der Waals surface area (Å²) in [7, 11) is -2.10. The Hall–Kier alpha value is -2.10. The number of nitrogens with one attached hydrogen (secondary N) is 1. The summed E-state index contributed by atoms with van der Waals surface area (Å²) in [5, 5.41) is 7.75. The monoisotopic (exact) mass is 442 g/mol. The molecule has 3 N–H and O–H groups in total. The minimum atomic E-state index is -3.60. The number of rotatable bonds is 7. The van der Waals surface area contributed by atoms with Crippen LogP contribution in [0, 0.1) is 0 Å². The average Bonchev–Trinajstić information content (AvgIpc) is 2.57. The van der Waals surface area contributed by atoms with Crippen LogP contribution in [-0.2, 0) is 15.8 Å². The number of hydrogen-bond acceptors (Lipinski definition) is 5. The van der Waals surface area contributed by atoms with Gasteiger partial charge in [-0.1, -0.05) is 12.1 Å². The van der Waals surface area contributed by atoms with E-state index in [9.17, 15) is 13.2 Å². The second kappa shape index (κ2) is 8.52. The van der Waals surface area contributed by atoms with Gasteiger partial charge in [0.2, 0.25) is 10.0 Å². The molecular formula is C17H19BrN2O5S. The fraction of sp³-hybridized carbons (Fsp3) is 0.235. The van der Waals surface area contributed by atoms with E-state index < -0.39 is 10.0 Å². The summed E-state index contributed by atoms with van der Waals surface area (Å²) in [5.41, 5.74) is 1.44. The average molecular weight is 443 g/mol. The summed E-state index contributed by atoms with van der Waals surface area (Å²) >= 11 is 3.38. The highest BCUT2D eigenvalue weighted by Crippen LogP contribution is 2.36. The molecule has 9 heteroatoms. The maximum Gasteiger partial charge on any atom is 0.255 e. The quantitative estimate of drug-likeness (QED) is 0.684. The molecule has 0 aliphatic rings. The van der Waals surface area contributed by atoms with Crippen LogP contribution < -0.4 is 19.9 Å². The van der Waals surface area contributed by atoms with Crippen LogP contribution in [0.2, 0.25) is 0 Å². The Balaban J connectivity index is 2.18. The number of hydrogen-bond donors (Lipinski definition) is 2. The summed E-state index contributed by atoms with van der Waals surface area (Å²) in [6.45, 7) is 2.32. The molecule has 0 fully saturated rings. The van der Waals surface area contributed by atoms with E-state index in [2.05, 4.69) is 21.2 Å². The van der Waals surface area contributed by atoms with Crippen LogP contribution in [0.25, 0.3) is 0 Å². The number of anilines is 1. The zero-order chi connectivity index (χ0) is 19.3. The van der Waals surface area contributed by atoms with Gasteiger partial charge in [-0.25, -0.2) is 13.6 Å². The Kier molecular flexibility index (Phi) is 6.63. The van der Waals surface area contributed by atoms with Crippen molar-refractivity contribution in [2.24, 2.45) is 5.14 Å². The van der Waals surface area contributed by atoms with Gasteiger partial charge in [0, 0.05) is 11.3 Å². The molecule has 0 atom stereocenters. The molecule has 0 heterocycles. The standard InChI is InChI=1S/C17H19BrN2O5S/c1-3-25-16-14(18)8-12(9-15(16)24-2)17(21)20-13-6-4-11(5-7-13)10-26(19,22)23/h4-9H,3,10H2,1-2H3,(H,20,21)(H2,19,22,23). The van der Waals surface area contributed by atoms with Crippen molar-refractivity contribution >= 4 is 37.5 Å². The number of primary sulfonamides is 1. The van der Waals surface area contributed by atoms with Crippen molar-refractivity contribution in [2.75, 3.05) is 19.0 Å². The van der Waals surface area contributed by atoms with Gasteiger partial charge in [0.15, 0.2) is 11.5 Å². The second-order valence-corrected chi connectivity index (χ2v) is 7.85. The zero-order valence-corrected chi connectivity index (χ0v) is 16.7. The summed E-state index contributed by atoms with van der Waals surface area (Å²) in [4.78, 5) is 12.5. The van der Waals surface area contributed by atoms with Crippen molar-refractivity contribution in [1.29, 1.82) is 0 Å². The first kappa shape index (κ1) is 20.2. The molecule has 0 radical (unpaired) electrons. The van der Waals surface area contributed by atoms with E-state index in [1.54, 1.807) is 36.4 Å². The van der Waals surface area contributed by atoms with E-state index in [1.165, 1.54) is 7.11 Å². The number of carbonyl (C=O) groups excluding carboxylic acids is 1. The fourth-order valence-electron chi connectivity index (χ4n) is 2.26. The minimum Gasteiger partial charge on any atom is -0.493 e. The molecule has 1 amide bonds. The van der Waals surface area contributed by atoms with E-state index in [-0.39, 0.29) is 11.7 Å². The summed E-state index contributed by atoms with van der Waals surface area (Å²) in [6, 6.07) is 9.63. The van der Waals surface area contributed by atoms with Gasteiger partial charge in [-0.15, -0.1) is 0 Å². The molecule has 0 aromatic heterocycles. The Morgan fingerprint density at radius 2 is 1.88 bits per heavy atom. The van der Waals surface area contributed by atoms with Gasteiger partial charge >= 0.3 is 0 Å². The smallest absolute Gasteiger partial charge is 0.255 e. The molecule has 0 spiro atoms. The molecule has 0 aliphatic heterocycles. The number of benzene rings is 2. The number of methoxy groups -OCH3 is 1. The Bertz CT molecular complexity index is 898. The normalized spacial score (nSPS) is 11.1. The topological polar surface area (TPSA) is 108 Å². The molecule has 2 rings (SSSR count). The highest BCUT2D eigenvalue weighted by atomic mass is 79.9. The molecule has 0 saturated carbocycles. The zero-order valence-electron chi connectivity index (χ0n) is 14.3. The minimum absolute atomic E-state index is 0.260. The maximum absolute atomic E-state index is 12.5. The highest BCUT2D eigenvalue weighted by Gasteiger charge is 2.15. The van der Waals surface area contributed by atoms with Gasteiger partial charge in [-0.05, 0) is 52.7 Å². The lowest BCUT2D eigenvalue weighted by Gasteiger charge is -2.13. The van der Waals surface area contributed by atoms with Gasteiger partial charge in [-0.2, -0.15) is 0 Å². The molecule has 140 valence electrons. The Labute approximate surface area is 160 Å². The summed E-state index contributed by atoms with van der Waals surface area (Å²) in [6.07, 6.45) is 0. The van der Waals surface area contributed by atoms with Crippen molar-refractivity contribution in [1.82, 2.24) is 0 Å². The van der Waals surface area contributed by atoms with Gasteiger partial charge in [0.25, 0.3) is 5.91 Å². The molecule has 2 aromatic rings. The number of ether oxygens (including phenoxy) is 2. The largest absolute Gasteiger partial charge is 0.493 e. The Morgan fingerprint density at radius 3 is 2.42 bits per heavy atom. The van der Waals surface area contributed by atoms with E-state index >= 15 is 0 Å². The fourth-order valence-corrected chi connectivity index (χ4v) is 3.47. The Morgan fingerprint density at radius 1 is 1.23 bits per heavy atom. The lowest BCUT2D eigenvalue weighted by Crippen LogP contribution is -2.15. The van der Waals surface area contributed by atoms with Crippen LogP contribution in [0.15, 0.2) is 40.9 Å². The highest BCUT2D eigenvalue weighted by molar-refractivity contribution is 9.10. The first-order valence-corrected chi connectivity index (χ1v) is 10.2. The summed E-state index contributed by atoms with van der Waals surface area (Å²) in [5.74, 6) is 0.365. The van der Waals surface area contributed by atoms with Crippen molar-refractivity contribution in [3.63, 3.8) is 0 Å². The van der Waals surface area contributed by atoms with Crippen LogP contribution >= 0.6 is 15.9 Å². The number of nitrogens with two attached hydrogens (primary N) is 1. The van der Waals surface area contributed by atoms with Crippen LogP contribution in [0.3, 0.4) is 0 Å². The third kappa shape index (κ3) is 5.45. The van der Waals surface area contributed by atoms with Crippen LogP contribution in [0.5, 0.6) is 11.5 Å². The number of amides is 1. The van der Waals surface area contributed by atoms with Crippen LogP contribution in [-0.4, -0.2) is 28.0 Å². The van der Waals surface area contributed by atoms with E-state index in [4.69, 9.17) is 14.6 Å². The lowest BCUT2D eigenvalue weighted by molar-refractivity contribution is 0.102. The van der Waals surface area contributed by atoms with Gasteiger partial charge < -0.3 is 14.8 Å². The van der Waals surface area contributed by atoms with Crippen LogP contribution in [0.4, 0.5) is 5.69 Å². The maximum atomic E-state index is 12.5. The van der Waals surface area contributed by atoms with E-state index in [0.717, 1.165) is 0 Å². The number of carbonyl (C=O) groups is 1. The first-order valence-electron chi connectivity index (χ1n) is 7.64. The lowest BCUT2D eigenvalue weighted by atomic mass is 10.1. The van der Waals surface area contributed by atoms with Crippen LogP contribution in [0.1, 0.15) is 22.8 Å². The molecule has 0 aliphatic carbocycles. The predicted molar refractivity (Wildman–Crippen MR) is 103 cm³/mol. The molecular weight excluding hydrogens is 424 g/mol. The third-order valence-electron chi connectivity index (χ3n) is 3.36. The van der Waals surface area contributed by atoms with Gasteiger partial charge in [-0.3, -0.25) is 4.79 Å². The van der Waals surface area contributed by atoms with Crippen molar-refractivity contribution < 1.29 is 22.7 Å². The molecule has 0 saturated heterocycles. The molecule has 0 unspecified atom stereocenters. The van der Waals surface area contributed by atoms with Crippen molar-refractivity contribution in [3.05, 3.63) is 52.0 Å². The first-order chi connectivity index (χ1) is 12.2. The molecule has 0 bridgehead atoms. The van der Waals surface area contributed by atoms with E-state index in [0.29, 0.717) is 39.4 Å². The summed E-state index contributed by atoms with van der Waals surface area (Å²) < 4.78 is 33.6. The molecule has 7 nitrogen and oxygen atoms in total. The third-order valence-corrected chi connectivity index (χ3v) is 4.68. The van der Waals surface area contributed by atoms with E-state index in [1.807, 2.05) is 6.92 Å². The van der Waals surface area contributed by atoms with Crippen molar-refractivity contribution in [3.8, 4) is 11.5 Å². The number of halogens is 1. The van der Waals surface area contributed by atoms with Gasteiger partial charge in [0.1, 0.15) is 0 Å². The molecule has 2 aromatic carbocycles. The number of sulfonamides is 1. The van der Waals surface area contributed by atoms with Gasteiger partial charge in [0.05, 0.1) is 23.9 Å². The molecule has 26 heavy (non-hydrogen) atoms. The SMILES string of the molecule is CCOc1c(Br)cc(C(=O)Nc2ccc(CS(N)(=O)=O)cc2)cc1OC. The second-order valence-electron chi connectivity index (χ2n) is 5.38.